The number of hydrogen-bond donors (Lipinski definition) is 1. The first-order valence-electron chi connectivity index (χ1n) is 3.98. The van der Waals surface area contributed by atoms with Gasteiger partial charge in [0.2, 0.25) is 0 Å². The number of rotatable bonds is 4. The lowest BCUT2D eigenvalue weighted by Crippen LogP contribution is -1.97. The number of aryl methyl sites for hydroxylation is 2. The first kappa shape index (κ1) is 10.1. The predicted octanol–water partition coefficient (Wildman–Crippen LogP) is 2.08. The van der Waals surface area contributed by atoms with Crippen LogP contribution in [-0.2, 0) is 11.2 Å². The monoisotopic (exact) mass is 200 g/mol. The van der Waals surface area contributed by atoms with E-state index in [1.54, 1.807) is 18.4 Å². The van der Waals surface area contributed by atoms with Gasteiger partial charge in [0.15, 0.2) is 0 Å². The van der Waals surface area contributed by atoms with Crippen LogP contribution in [0.4, 0.5) is 0 Å². The van der Waals surface area contributed by atoms with E-state index in [4.69, 9.17) is 9.84 Å². The third kappa shape index (κ3) is 2.73. The fourth-order valence-electron chi connectivity index (χ4n) is 1.11. The summed E-state index contributed by atoms with van der Waals surface area (Å²) in [7, 11) is 1.60. The number of aliphatic carboxylic acids is 1. The van der Waals surface area contributed by atoms with E-state index in [1.807, 2.05) is 13.0 Å². The van der Waals surface area contributed by atoms with Gasteiger partial charge in [0, 0.05) is 9.75 Å². The minimum Gasteiger partial charge on any atom is -0.496 e. The molecule has 0 radical (unpaired) electrons. The van der Waals surface area contributed by atoms with Crippen LogP contribution < -0.4 is 4.74 Å². The van der Waals surface area contributed by atoms with E-state index in [0.717, 1.165) is 15.5 Å². The molecular weight excluding hydrogens is 188 g/mol. The van der Waals surface area contributed by atoms with Crippen LogP contribution in [0.2, 0.25) is 0 Å². The number of thiophene rings is 1. The maximum absolute atomic E-state index is 10.3. The van der Waals surface area contributed by atoms with E-state index in [-0.39, 0.29) is 6.42 Å². The van der Waals surface area contributed by atoms with E-state index in [2.05, 4.69) is 0 Å². The molecule has 0 atom stereocenters. The van der Waals surface area contributed by atoms with Crippen molar-refractivity contribution in [1.82, 2.24) is 0 Å². The van der Waals surface area contributed by atoms with Crippen molar-refractivity contribution in [1.29, 1.82) is 0 Å². The Hall–Kier alpha value is -1.03. The van der Waals surface area contributed by atoms with Crippen LogP contribution in [-0.4, -0.2) is 18.2 Å². The van der Waals surface area contributed by atoms with Crippen molar-refractivity contribution in [2.45, 2.75) is 19.8 Å². The van der Waals surface area contributed by atoms with Gasteiger partial charge in [0.25, 0.3) is 0 Å². The SMILES string of the molecule is COc1cc(C)sc1CCC(=O)O. The molecule has 1 rings (SSSR count). The first-order chi connectivity index (χ1) is 6.13. The number of carboxylic acid groups (broad SMARTS) is 1. The second-order valence-electron chi connectivity index (χ2n) is 2.74. The average molecular weight is 200 g/mol. The summed E-state index contributed by atoms with van der Waals surface area (Å²) in [4.78, 5) is 12.5. The minimum atomic E-state index is -0.770. The standard InChI is InChI=1S/C9H12O3S/c1-6-5-7(12-2)8(13-6)3-4-9(10)11/h5H,3-4H2,1-2H3,(H,10,11). The second-order valence-corrected chi connectivity index (χ2v) is 4.08. The summed E-state index contributed by atoms with van der Waals surface area (Å²) in [5.41, 5.74) is 0. The molecule has 0 aliphatic rings. The third-order valence-corrected chi connectivity index (χ3v) is 2.77. The summed E-state index contributed by atoms with van der Waals surface area (Å²) >= 11 is 1.59. The molecule has 4 heteroatoms. The largest absolute Gasteiger partial charge is 0.496 e. The molecule has 1 N–H and O–H groups in total. The van der Waals surface area contributed by atoms with E-state index < -0.39 is 5.97 Å². The first-order valence-corrected chi connectivity index (χ1v) is 4.80. The van der Waals surface area contributed by atoms with E-state index in [9.17, 15) is 4.79 Å². The molecule has 0 aliphatic heterocycles. The summed E-state index contributed by atoms with van der Waals surface area (Å²) in [5, 5.41) is 8.51. The molecule has 0 bridgehead atoms. The van der Waals surface area contributed by atoms with Crippen molar-refractivity contribution >= 4 is 17.3 Å². The number of hydrogen-bond acceptors (Lipinski definition) is 3. The summed E-state index contributed by atoms with van der Waals surface area (Å²) in [6, 6.07) is 1.93. The molecule has 0 fully saturated rings. The topological polar surface area (TPSA) is 46.5 Å². The number of carboxylic acids is 1. The molecule has 0 saturated heterocycles. The summed E-state index contributed by atoms with van der Waals surface area (Å²) < 4.78 is 5.12. The lowest BCUT2D eigenvalue weighted by atomic mass is 10.2. The Morgan fingerprint density at radius 1 is 1.69 bits per heavy atom. The predicted molar refractivity (Wildman–Crippen MR) is 51.6 cm³/mol. The van der Waals surface area contributed by atoms with E-state index >= 15 is 0 Å². The van der Waals surface area contributed by atoms with Gasteiger partial charge in [-0.25, -0.2) is 0 Å². The summed E-state index contributed by atoms with van der Waals surface area (Å²) in [6.07, 6.45) is 0.716. The second kappa shape index (κ2) is 4.28. The highest BCUT2D eigenvalue weighted by Crippen LogP contribution is 2.29. The van der Waals surface area contributed by atoms with Gasteiger partial charge in [-0.1, -0.05) is 0 Å². The van der Waals surface area contributed by atoms with Crippen LogP contribution in [0.5, 0.6) is 5.75 Å². The maximum Gasteiger partial charge on any atom is 0.303 e. The van der Waals surface area contributed by atoms with Gasteiger partial charge < -0.3 is 9.84 Å². The fraction of sp³-hybridized carbons (Fsp3) is 0.444. The van der Waals surface area contributed by atoms with Crippen LogP contribution in [0.1, 0.15) is 16.2 Å². The minimum absolute atomic E-state index is 0.163. The van der Waals surface area contributed by atoms with Gasteiger partial charge in [0.05, 0.1) is 13.5 Å². The lowest BCUT2D eigenvalue weighted by Gasteiger charge is -1.99. The van der Waals surface area contributed by atoms with Crippen molar-refractivity contribution in [3.8, 4) is 5.75 Å². The molecule has 72 valence electrons. The molecule has 1 heterocycles. The molecule has 13 heavy (non-hydrogen) atoms. The number of carbonyl (C=O) groups is 1. The summed E-state index contributed by atoms with van der Waals surface area (Å²) in [6.45, 7) is 1.98. The highest BCUT2D eigenvalue weighted by molar-refractivity contribution is 7.12. The van der Waals surface area contributed by atoms with Gasteiger partial charge in [-0.2, -0.15) is 0 Å². The molecular formula is C9H12O3S. The Morgan fingerprint density at radius 3 is 2.92 bits per heavy atom. The molecule has 0 spiro atoms. The molecule has 0 saturated carbocycles. The van der Waals surface area contributed by atoms with Crippen LogP contribution in [0.3, 0.4) is 0 Å². The van der Waals surface area contributed by atoms with Gasteiger partial charge in [-0.05, 0) is 19.4 Å². The molecule has 1 aromatic heterocycles. The number of methoxy groups -OCH3 is 1. The highest BCUT2D eigenvalue weighted by Gasteiger charge is 2.08. The van der Waals surface area contributed by atoms with Crippen LogP contribution in [0.25, 0.3) is 0 Å². The molecule has 0 aliphatic carbocycles. The van der Waals surface area contributed by atoms with E-state index in [1.165, 1.54) is 0 Å². The van der Waals surface area contributed by atoms with Crippen LogP contribution in [0.15, 0.2) is 6.07 Å². The Morgan fingerprint density at radius 2 is 2.38 bits per heavy atom. The maximum atomic E-state index is 10.3. The van der Waals surface area contributed by atoms with Crippen molar-refractivity contribution in [2.75, 3.05) is 7.11 Å². The quantitative estimate of drug-likeness (QED) is 0.809. The third-order valence-electron chi connectivity index (χ3n) is 1.68. The van der Waals surface area contributed by atoms with E-state index in [0.29, 0.717) is 6.42 Å². The zero-order valence-corrected chi connectivity index (χ0v) is 8.48. The smallest absolute Gasteiger partial charge is 0.303 e. The van der Waals surface area contributed by atoms with Crippen molar-refractivity contribution in [2.24, 2.45) is 0 Å². The molecule has 0 amide bonds. The van der Waals surface area contributed by atoms with Crippen molar-refractivity contribution in [3.05, 3.63) is 15.8 Å². The van der Waals surface area contributed by atoms with Gasteiger partial charge in [0.1, 0.15) is 5.75 Å². The van der Waals surface area contributed by atoms with Gasteiger partial charge in [-0.3, -0.25) is 4.79 Å². The van der Waals surface area contributed by atoms with Crippen molar-refractivity contribution < 1.29 is 14.6 Å². The average Bonchev–Trinajstić information content (AvgIpc) is 2.42. The Kier molecular flexibility index (Phi) is 3.31. The number of ether oxygens (including phenoxy) is 1. The zero-order valence-electron chi connectivity index (χ0n) is 7.66. The van der Waals surface area contributed by atoms with Crippen LogP contribution in [0, 0.1) is 6.92 Å². The van der Waals surface area contributed by atoms with Crippen LogP contribution >= 0.6 is 11.3 Å². The van der Waals surface area contributed by atoms with Gasteiger partial charge >= 0.3 is 5.97 Å². The highest BCUT2D eigenvalue weighted by atomic mass is 32.1. The molecule has 0 unspecified atom stereocenters. The van der Waals surface area contributed by atoms with Crippen molar-refractivity contribution in [3.63, 3.8) is 0 Å². The zero-order chi connectivity index (χ0) is 9.84. The Labute approximate surface area is 81.0 Å². The lowest BCUT2D eigenvalue weighted by molar-refractivity contribution is -0.136. The molecule has 0 aromatic carbocycles. The normalized spacial score (nSPS) is 10.0. The fourth-order valence-corrected chi connectivity index (χ4v) is 2.11. The van der Waals surface area contributed by atoms with Gasteiger partial charge in [-0.15, -0.1) is 11.3 Å². The Bertz CT molecular complexity index is 304. The Balaban J connectivity index is 2.69. The summed E-state index contributed by atoms with van der Waals surface area (Å²) in [5.74, 6) is 0.0388. The molecule has 1 aromatic rings. The molecule has 3 nitrogen and oxygen atoms in total.